The van der Waals surface area contributed by atoms with Crippen LogP contribution in [0.5, 0.6) is 0 Å². The van der Waals surface area contributed by atoms with Crippen molar-refractivity contribution in [1.82, 2.24) is 0 Å². The van der Waals surface area contributed by atoms with E-state index in [9.17, 15) is 5.11 Å². The second-order valence-corrected chi connectivity index (χ2v) is 5.32. The van der Waals surface area contributed by atoms with Crippen molar-refractivity contribution < 1.29 is 5.11 Å². The molecule has 1 heteroatoms. The molecule has 0 fully saturated rings. The molecule has 0 saturated carbocycles. The third-order valence-corrected chi connectivity index (χ3v) is 2.78. The van der Waals surface area contributed by atoms with E-state index < -0.39 is 0 Å². The van der Waals surface area contributed by atoms with Gasteiger partial charge < -0.3 is 5.11 Å². The Labute approximate surface area is 93.1 Å². The molecule has 1 atom stereocenters. The first kappa shape index (κ1) is 12.3. The zero-order valence-electron chi connectivity index (χ0n) is 10.2. The van der Waals surface area contributed by atoms with E-state index in [0.717, 1.165) is 12.8 Å². The molecular formula is C14H22O. The highest BCUT2D eigenvalue weighted by Crippen LogP contribution is 2.28. The molecular weight excluding hydrogens is 184 g/mol. The van der Waals surface area contributed by atoms with Crippen molar-refractivity contribution in [1.29, 1.82) is 0 Å². The first-order valence-corrected chi connectivity index (χ1v) is 5.63. The van der Waals surface area contributed by atoms with E-state index in [0.29, 0.717) is 0 Å². The number of hydrogen-bond donors (Lipinski definition) is 1. The Morgan fingerprint density at radius 2 is 1.87 bits per heavy atom. The zero-order chi connectivity index (χ0) is 11.5. The lowest BCUT2D eigenvalue weighted by molar-refractivity contribution is 0.129. The fourth-order valence-corrected chi connectivity index (χ4v) is 2.20. The molecule has 0 amide bonds. The van der Waals surface area contributed by atoms with E-state index in [2.05, 4.69) is 45.0 Å². The van der Waals surface area contributed by atoms with Crippen LogP contribution in [0.15, 0.2) is 24.3 Å². The summed E-state index contributed by atoms with van der Waals surface area (Å²) in [5, 5.41) is 9.44. The predicted molar refractivity (Wildman–Crippen MR) is 65.0 cm³/mol. The van der Waals surface area contributed by atoms with Gasteiger partial charge in [-0.15, -0.1) is 0 Å². The highest BCUT2D eigenvalue weighted by atomic mass is 16.3. The SMILES string of the molecule is Cc1ccccc1CC(C)(C)CC(C)O. The number of aryl methyl sites for hydroxylation is 1. The van der Waals surface area contributed by atoms with Gasteiger partial charge >= 0.3 is 0 Å². The van der Waals surface area contributed by atoms with Crippen molar-refractivity contribution >= 4 is 0 Å². The van der Waals surface area contributed by atoms with Gasteiger partial charge in [-0.05, 0) is 43.2 Å². The minimum atomic E-state index is -0.219. The van der Waals surface area contributed by atoms with E-state index in [4.69, 9.17) is 0 Å². The molecule has 0 radical (unpaired) electrons. The van der Waals surface area contributed by atoms with Crippen LogP contribution < -0.4 is 0 Å². The minimum Gasteiger partial charge on any atom is -0.393 e. The van der Waals surface area contributed by atoms with Gasteiger partial charge in [-0.3, -0.25) is 0 Å². The molecule has 0 saturated heterocycles. The van der Waals surface area contributed by atoms with Crippen LogP contribution >= 0.6 is 0 Å². The van der Waals surface area contributed by atoms with Crippen LogP contribution in [-0.2, 0) is 6.42 Å². The molecule has 1 N–H and O–H groups in total. The third-order valence-electron chi connectivity index (χ3n) is 2.78. The lowest BCUT2D eigenvalue weighted by Crippen LogP contribution is -2.21. The number of rotatable bonds is 4. The van der Waals surface area contributed by atoms with Crippen molar-refractivity contribution in [2.45, 2.75) is 46.6 Å². The average Bonchev–Trinajstić information content (AvgIpc) is 2.06. The summed E-state index contributed by atoms with van der Waals surface area (Å²) in [5.41, 5.74) is 2.90. The molecule has 1 unspecified atom stereocenters. The Hall–Kier alpha value is -0.820. The van der Waals surface area contributed by atoms with E-state index >= 15 is 0 Å². The summed E-state index contributed by atoms with van der Waals surface area (Å²) in [6, 6.07) is 8.48. The van der Waals surface area contributed by atoms with Crippen LogP contribution in [0.3, 0.4) is 0 Å². The van der Waals surface area contributed by atoms with Crippen LogP contribution in [0.25, 0.3) is 0 Å². The number of aliphatic hydroxyl groups excluding tert-OH is 1. The van der Waals surface area contributed by atoms with Crippen molar-refractivity contribution in [3.05, 3.63) is 35.4 Å². The van der Waals surface area contributed by atoms with Crippen LogP contribution in [0, 0.1) is 12.3 Å². The van der Waals surface area contributed by atoms with Crippen LogP contribution in [0.2, 0.25) is 0 Å². The maximum absolute atomic E-state index is 9.44. The van der Waals surface area contributed by atoms with Gasteiger partial charge in [0.2, 0.25) is 0 Å². The third kappa shape index (κ3) is 4.05. The first-order valence-electron chi connectivity index (χ1n) is 5.63. The largest absolute Gasteiger partial charge is 0.393 e. The predicted octanol–water partition coefficient (Wildman–Crippen LogP) is 3.33. The quantitative estimate of drug-likeness (QED) is 0.801. The highest BCUT2D eigenvalue weighted by molar-refractivity contribution is 5.26. The van der Waals surface area contributed by atoms with Gasteiger partial charge in [0.25, 0.3) is 0 Å². The van der Waals surface area contributed by atoms with E-state index in [1.807, 2.05) is 6.92 Å². The van der Waals surface area contributed by atoms with Gasteiger partial charge in [-0.2, -0.15) is 0 Å². The smallest absolute Gasteiger partial charge is 0.0517 e. The lowest BCUT2D eigenvalue weighted by Gasteiger charge is -2.27. The van der Waals surface area contributed by atoms with Gasteiger partial charge in [-0.25, -0.2) is 0 Å². The second kappa shape index (κ2) is 4.80. The molecule has 0 spiro atoms. The number of aliphatic hydroxyl groups is 1. The van der Waals surface area contributed by atoms with Gasteiger partial charge in [0.1, 0.15) is 0 Å². The summed E-state index contributed by atoms with van der Waals surface area (Å²) in [7, 11) is 0. The number of benzene rings is 1. The lowest BCUT2D eigenvalue weighted by atomic mass is 9.80. The van der Waals surface area contributed by atoms with E-state index in [1.54, 1.807) is 0 Å². The Bertz CT molecular complexity index is 313. The first-order chi connectivity index (χ1) is 6.91. The molecule has 0 aliphatic rings. The van der Waals surface area contributed by atoms with Crippen LogP contribution in [-0.4, -0.2) is 11.2 Å². The molecule has 0 aromatic heterocycles. The summed E-state index contributed by atoms with van der Waals surface area (Å²) in [6.45, 7) is 8.44. The standard InChI is InChI=1S/C14H22O/c1-11-7-5-6-8-13(11)10-14(3,4)9-12(2)15/h5-8,12,15H,9-10H2,1-4H3. The van der Waals surface area contributed by atoms with Crippen molar-refractivity contribution in [3.8, 4) is 0 Å². The summed E-state index contributed by atoms with van der Waals surface area (Å²) in [6.07, 6.45) is 1.66. The summed E-state index contributed by atoms with van der Waals surface area (Å²) < 4.78 is 0. The fourth-order valence-electron chi connectivity index (χ4n) is 2.20. The molecule has 0 heterocycles. The van der Waals surface area contributed by atoms with Crippen molar-refractivity contribution in [2.75, 3.05) is 0 Å². The zero-order valence-corrected chi connectivity index (χ0v) is 10.2. The summed E-state index contributed by atoms with van der Waals surface area (Å²) in [4.78, 5) is 0. The number of hydrogen-bond acceptors (Lipinski definition) is 1. The van der Waals surface area contributed by atoms with Crippen molar-refractivity contribution in [3.63, 3.8) is 0 Å². The molecule has 1 aromatic carbocycles. The second-order valence-electron chi connectivity index (χ2n) is 5.32. The Balaban J connectivity index is 2.73. The molecule has 15 heavy (non-hydrogen) atoms. The molecule has 84 valence electrons. The topological polar surface area (TPSA) is 20.2 Å². The maximum atomic E-state index is 9.44. The monoisotopic (exact) mass is 206 g/mol. The highest BCUT2D eigenvalue weighted by Gasteiger charge is 2.21. The van der Waals surface area contributed by atoms with E-state index in [-0.39, 0.29) is 11.5 Å². The van der Waals surface area contributed by atoms with Gasteiger partial charge in [0, 0.05) is 0 Å². The Morgan fingerprint density at radius 3 is 2.40 bits per heavy atom. The Kier molecular flexibility index (Phi) is 3.92. The summed E-state index contributed by atoms with van der Waals surface area (Å²) in [5.74, 6) is 0. The molecule has 0 bridgehead atoms. The normalized spacial score (nSPS) is 13.9. The molecule has 1 aromatic rings. The van der Waals surface area contributed by atoms with Gasteiger partial charge in [0.15, 0.2) is 0 Å². The van der Waals surface area contributed by atoms with Crippen molar-refractivity contribution in [2.24, 2.45) is 5.41 Å². The van der Waals surface area contributed by atoms with Crippen LogP contribution in [0.4, 0.5) is 0 Å². The summed E-state index contributed by atoms with van der Waals surface area (Å²) >= 11 is 0. The maximum Gasteiger partial charge on any atom is 0.0517 e. The molecule has 0 aliphatic heterocycles. The van der Waals surface area contributed by atoms with Gasteiger partial charge in [0.05, 0.1) is 6.10 Å². The average molecular weight is 206 g/mol. The Morgan fingerprint density at radius 1 is 1.27 bits per heavy atom. The van der Waals surface area contributed by atoms with E-state index in [1.165, 1.54) is 11.1 Å². The molecule has 1 rings (SSSR count). The molecule has 0 aliphatic carbocycles. The van der Waals surface area contributed by atoms with Crippen LogP contribution in [0.1, 0.15) is 38.3 Å². The molecule has 1 nitrogen and oxygen atoms in total. The minimum absolute atomic E-state index is 0.167. The van der Waals surface area contributed by atoms with Gasteiger partial charge in [-0.1, -0.05) is 38.1 Å². The fraction of sp³-hybridized carbons (Fsp3) is 0.571.